The van der Waals surface area contributed by atoms with Crippen LogP contribution in [0, 0.1) is 6.92 Å². The SMILES string of the molecule is CCOC(=O)c1sc(-c2ccc(O)c(C=O)c2)nc1C. The third kappa shape index (κ3) is 2.70. The zero-order chi connectivity index (χ0) is 14.7. The molecule has 0 spiro atoms. The first kappa shape index (κ1) is 14.2. The number of phenolic OH excluding ortho intramolecular Hbond substituents is 1. The molecule has 0 atom stereocenters. The highest BCUT2D eigenvalue weighted by atomic mass is 32.1. The van der Waals surface area contributed by atoms with E-state index < -0.39 is 5.97 Å². The highest BCUT2D eigenvalue weighted by Crippen LogP contribution is 2.30. The molecule has 0 saturated heterocycles. The molecular formula is C14H13NO4S. The minimum Gasteiger partial charge on any atom is -0.507 e. The van der Waals surface area contributed by atoms with E-state index in [0.717, 1.165) is 0 Å². The van der Waals surface area contributed by atoms with E-state index in [1.54, 1.807) is 19.9 Å². The van der Waals surface area contributed by atoms with E-state index in [-0.39, 0.29) is 11.3 Å². The molecule has 0 aliphatic rings. The van der Waals surface area contributed by atoms with Crippen LogP contribution in [0.4, 0.5) is 0 Å². The Kier molecular flexibility index (Phi) is 4.14. The van der Waals surface area contributed by atoms with Crippen LogP contribution in [0.3, 0.4) is 0 Å². The van der Waals surface area contributed by atoms with Gasteiger partial charge < -0.3 is 9.84 Å². The van der Waals surface area contributed by atoms with Crippen molar-refractivity contribution in [2.24, 2.45) is 0 Å². The van der Waals surface area contributed by atoms with E-state index in [0.29, 0.717) is 34.0 Å². The zero-order valence-electron chi connectivity index (χ0n) is 11.0. The number of hydrogen-bond acceptors (Lipinski definition) is 6. The van der Waals surface area contributed by atoms with Crippen molar-refractivity contribution >= 4 is 23.6 Å². The highest BCUT2D eigenvalue weighted by Gasteiger charge is 2.17. The normalized spacial score (nSPS) is 10.3. The Morgan fingerprint density at radius 2 is 2.25 bits per heavy atom. The molecule has 0 saturated carbocycles. The Bertz CT molecular complexity index is 663. The number of phenols is 1. The standard InChI is InChI=1S/C14H13NO4S/c1-3-19-14(18)12-8(2)15-13(20-12)9-4-5-11(17)10(6-9)7-16/h4-7,17H,3H2,1-2H3. The van der Waals surface area contributed by atoms with Crippen molar-refractivity contribution in [3.05, 3.63) is 34.3 Å². The topological polar surface area (TPSA) is 76.5 Å². The van der Waals surface area contributed by atoms with Crippen LogP contribution in [0.2, 0.25) is 0 Å². The summed E-state index contributed by atoms with van der Waals surface area (Å²) < 4.78 is 4.96. The van der Waals surface area contributed by atoms with Gasteiger partial charge in [-0.15, -0.1) is 11.3 Å². The number of hydrogen-bond donors (Lipinski definition) is 1. The second-order valence-electron chi connectivity index (χ2n) is 4.05. The number of aromatic hydroxyl groups is 1. The first-order valence-electron chi connectivity index (χ1n) is 6.00. The number of benzene rings is 1. The number of nitrogens with zero attached hydrogens (tertiary/aromatic N) is 1. The summed E-state index contributed by atoms with van der Waals surface area (Å²) in [5, 5.41) is 10.1. The predicted octanol–water partition coefficient (Wildman–Crippen LogP) is 2.81. The molecule has 0 fully saturated rings. The Labute approximate surface area is 119 Å². The number of carbonyl (C=O) groups excluding carboxylic acids is 2. The third-order valence-electron chi connectivity index (χ3n) is 2.66. The maximum absolute atomic E-state index is 11.7. The van der Waals surface area contributed by atoms with E-state index in [4.69, 9.17) is 4.74 Å². The van der Waals surface area contributed by atoms with E-state index in [2.05, 4.69) is 4.98 Å². The number of ether oxygens (including phenoxy) is 1. The second kappa shape index (κ2) is 5.83. The lowest BCUT2D eigenvalue weighted by Crippen LogP contribution is -2.03. The van der Waals surface area contributed by atoms with Crippen molar-refractivity contribution in [1.29, 1.82) is 0 Å². The van der Waals surface area contributed by atoms with Crippen LogP contribution >= 0.6 is 11.3 Å². The summed E-state index contributed by atoms with van der Waals surface area (Å²) in [7, 11) is 0. The molecule has 1 aromatic heterocycles. The third-order valence-corrected chi connectivity index (χ3v) is 3.85. The molecule has 2 rings (SSSR count). The van der Waals surface area contributed by atoms with Gasteiger partial charge in [0, 0.05) is 5.56 Å². The minimum absolute atomic E-state index is 0.0809. The van der Waals surface area contributed by atoms with Crippen molar-refractivity contribution in [1.82, 2.24) is 4.98 Å². The average molecular weight is 291 g/mol. The van der Waals surface area contributed by atoms with Gasteiger partial charge in [0.25, 0.3) is 0 Å². The van der Waals surface area contributed by atoms with Crippen LogP contribution in [0.5, 0.6) is 5.75 Å². The molecule has 104 valence electrons. The van der Waals surface area contributed by atoms with Crippen LogP contribution < -0.4 is 0 Å². The summed E-state index contributed by atoms with van der Waals surface area (Å²) in [6.07, 6.45) is 0.575. The molecule has 2 aromatic rings. The Balaban J connectivity index is 2.41. The van der Waals surface area contributed by atoms with Crippen molar-refractivity contribution in [2.45, 2.75) is 13.8 Å². The van der Waals surface area contributed by atoms with Crippen molar-refractivity contribution < 1.29 is 19.4 Å². The fraction of sp³-hybridized carbons (Fsp3) is 0.214. The summed E-state index contributed by atoms with van der Waals surface area (Å²) in [5.74, 6) is -0.481. The molecule has 5 nitrogen and oxygen atoms in total. The van der Waals surface area contributed by atoms with Crippen LogP contribution in [0.25, 0.3) is 10.6 Å². The molecular weight excluding hydrogens is 278 g/mol. The summed E-state index contributed by atoms with van der Waals surface area (Å²) in [6.45, 7) is 3.78. The Hall–Kier alpha value is -2.21. The summed E-state index contributed by atoms with van der Waals surface area (Å²) >= 11 is 1.20. The first-order valence-corrected chi connectivity index (χ1v) is 6.81. The number of carbonyl (C=O) groups is 2. The van der Waals surface area contributed by atoms with Gasteiger partial charge in [-0.3, -0.25) is 4.79 Å². The molecule has 6 heteroatoms. The molecule has 20 heavy (non-hydrogen) atoms. The van der Waals surface area contributed by atoms with Gasteiger partial charge >= 0.3 is 5.97 Å². The quantitative estimate of drug-likeness (QED) is 0.692. The fourth-order valence-corrected chi connectivity index (χ4v) is 2.64. The average Bonchev–Trinajstić information content (AvgIpc) is 2.82. The molecule has 1 heterocycles. The maximum atomic E-state index is 11.7. The van der Waals surface area contributed by atoms with Gasteiger partial charge in [0.1, 0.15) is 15.6 Å². The van der Waals surface area contributed by atoms with Crippen LogP contribution in [-0.2, 0) is 4.74 Å². The van der Waals surface area contributed by atoms with Gasteiger partial charge in [0.05, 0.1) is 17.9 Å². The molecule has 0 radical (unpaired) electrons. The number of aromatic nitrogens is 1. The lowest BCUT2D eigenvalue weighted by atomic mass is 10.1. The van der Waals surface area contributed by atoms with Gasteiger partial charge in [-0.1, -0.05) is 0 Å². The Morgan fingerprint density at radius 1 is 1.50 bits per heavy atom. The highest BCUT2D eigenvalue weighted by molar-refractivity contribution is 7.17. The first-order chi connectivity index (χ1) is 9.56. The van der Waals surface area contributed by atoms with Crippen molar-refractivity contribution in [3.63, 3.8) is 0 Å². The fourth-order valence-electron chi connectivity index (χ4n) is 1.69. The Morgan fingerprint density at radius 3 is 2.90 bits per heavy atom. The molecule has 1 aromatic carbocycles. The van der Waals surface area contributed by atoms with Gasteiger partial charge in [0.15, 0.2) is 6.29 Å². The predicted molar refractivity (Wildman–Crippen MR) is 75.3 cm³/mol. The smallest absolute Gasteiger partial charge is 0.350 e. The molecule has 0 amide bonds. The van der Waals surface area contributed by atoms with Gasteiger partial charge in [-0.25, -0.2) is 9.78 Å². The molecule has 0 aliphatic carbocycles. The van der Waals surface area contributed by atoms with E-state index >= 15 is 0 Å². The van der Waals surface area contributed by atoms with Crippen molar-refractivity contribution in [3.8, 4) is 16.3 Å². The summed E-state index contributed by atoms with van der Waals surface area (Å²) in [5.41, 5.74) is 1.45. The molecule has 0 bridgehead atoms. The number of aryl methyl sites for hydroxylation is 1. The lowest BCUT2D eigenvalue weighted by Gasteiger charge is -2.00. The maximum Gasteiger partial charge on any atom is 0.350 e. The summed E-state index contributed by atoms with van der Waals surface area (Å²) in [6, 6.07) is 4.62. The number of esters is 1. The van der Waals surface area contributed by atoms with E-state index in [9.17, 15) is 14.7 Å². The van der Waals surface area contributed by atoms with Crippen molar-refractivity contribution in [2.75, 3.05) is 6.61 Å². The molecule has 1 N–H and O–H groups in total. The van der Waals surface area contributed by atoms with Crippen LogP contribution in [-0.4, -0.2) is 29.0 Å². The van der Waals surface area contributed by atoms with Gasteiger partial charge in [-0.05, 0) is 32.0 Å². The summed E-state index contributed by atoms with van der Waals surface area (Å²) in [4.78, 5) is 27.3. The number of rotatable bonds is 4. The lowest BCUT2D eigenvalue weighted by molar-refractivity contribution is 0.0531. The number of aldehydes is 1. The van der Waals surface area contributed by atoms with Gasteiger partial charge in [0.2, 0.25) is 0 Å². The van der Waals surface area contributed by atoms with E-state index in [1.165, 1.54) is 23.5 Å². The van der Waals surface area contributed by atoms with Crippen LogP contribution in [0.15, 0.2) is 18.2 Å². The van der Waals surface area contributed by atoms with E-state index in [1.807, 2.05) is 0 Å². The monoisotopic (exact) mass is 291 g/mol. The molecule has 0 aliphatic heterocycles. The largest absolute Gasteiger partial charge is 0.507 e. The van der Waals surface area contributed by atoms with Gasteiger partial charge in [-0.2, -0.15) is 0 Å². The zero-order valence-corrected chi connectivity index (χ0v) is 11.9. The molecule has 0 unspecified atom stereocenters. The second-order valence-corrected chi connectivity index (χ2v) is 5.04. The van der Waals surface area contributed by atoms with Crippen LogP contribution in [0.1, 0.15) is 32.6 Å². The number of thiazole rings is 1. The minimum atomic E-state index is -0.400.